The lowest BCUT2D eigenvalue weighted by molar-refractivity contribution is -0.172. The van der Waals surface area contributed by atoms with E-state index in [9.17, 15) is 14.7 Å². The molecule has 7 N–H and O–H groups in total. The second kappa shape index (κ2) is 12.6. The van der Waals surface area contributed by atoms with E-state index in [0.29, 0.717) is 11.8 Å². The van der Waals surface area contributed by atoms with E-state index in [1.54, 1.807) is 13.3 Å². The Morgan fingerprint density at radius 1 is 1.08 bits per heavy atom. The van der Waals surface area contributed by atoms with Crippen molar-refractivity contribution in [2.75, 3.05) is 20.2 Å². The van der Waals surface area contributed by atoms with E-state index in [1.807, 2.05) is 24.3 Å². The van der Waals surface area contributed by atoms with Crippen LogP contribution in [-0.4, -0.2) is 108 Å². The molecule has 9 atom stereocenters. The number of pyridine rings is 1. The highest BCUT2D eigenvalue weighted by Crippen LogP contribution is 2.42. The second-order valence-corrected chi connectivity index (χ2v) is 9.52. The van der Waals surface area contributed by atoms with Gasteiger partial charge in [0.2, 0.25) is 0 Å². The van der Waals surface area contributed by atoms with Crippen LogP contribution in [0.2, 0.25) is 0 Å². The first-order valence-electron chi connectivity index (χ1n) is 12.1. The molecule has 0 aliphatic carbocycles. The van der Waals surface area contributed by atoms with E-state index in [1.165, 1.54) is 6.42 Å². The Morgan fingerprint density at radius 3 is 2.21 bits per heavy atom. The third-order valence-corrected chi connectivity index (χ3v) is 7.32. The fourth-order valence-electron chi connectivity index (χ4n) is 5.11. The van der Waals surface area contributed by atoms with Gasteiger partial charge in [-0.15, -0.1) is 6.58 Å². The zero-order valence-electron chi connectivity index (χ0n) is 20.9. The summed E-state index contributed by atoms with van der Waals surface area (Å²) in [5.41, 5.74) is 1.85. The number of aliphatic hydroxyl groups is 5. The number of benzene rings is 1. The van der Waals surface area contributed by atoms with Crippen molar-refractivity contribution in [1.29, 1.82) is 0 Å². The number of hydrogen-bond acceptors (Lipinski definition) is 10. The lowest BCUT2D eigenvalue weighted by atomic mass is 9.73. The van der Waals surface area contributed by atoms with E-state index in [2.05, 4.69) is 22.5 Å². The molecule has 9 unspecified atom stereocenters. The van der Waals surface area contributed by atoms with Crippen molar-refractivity contribution in [3.05, 3.63) is 48.7 Å². The number of aliphatic carboxylic acids is 2. The summed E-state index contributed by atoms with van der Waals surface area (Å²) in [6.07, 6.45) is -3.66. The van der Waals surface area contributed by atoms with Gasteiger partial charge in [0.25, 0.3) is 0 Å². The molecule has 0 amide bonds. The van der Waals surface area contributed by atoms with Crippen molar-refractivity contribution in [1.82, 2.24) is 9.88 Å². The van der Waals surface area contributed by atoms with Gasteiger partial charge in [0, 0.05) is 24.2 Å². The summed E-state index contributed by atoms with van der Waals surface area (Å²) in [4.78, 5) is 27.0. The lowest BCUT2D eigenvalue weighted by Gasteiger charge is -2.50. The van der Waals surface area contributed by atoms with Gasteiger partial charge in [0.15, 0.2) is 12.2 Å². The van der Waals surface area contributed by atoms with Gasteiger partial charge in [-0.25, -0.2) is 9.59 Å². The third-order valence-electron chi connectivity index (χ3n) is 7.32. The van der Waals surface area contributed by atoms with Crippen LogP contribution in [-0.2, 0) is 9.59 Å². The van der Waals surface area contributed by atoms with Gasteiger partial charge in [0.05, 0.1) is 18.7 Å². The molecule has 38 heavy (non-hydrogen) atoms. The molecule has 2 aromatic rings. The van der Waals surface area contributed by atoms with E-state index in [0.717, 1.165) is 41.7 Å². The predicted octanol–water partition coefficient (Wildman–Crippen LogP) is -0.228. The average molecular weight is 535 g/mol. The molecular weight excluding hydrogens is 500 g/mol. The number of rotatable bonds is 9. The number of aliphatic hydroxyl groups excluding tert-OH is 5. The fraction of sp³-hybridized carbons (Fsp3) is 0.500. The van der Waals surface area contributed by atoms with Gasteiger partial charge in [-0.3, -0.25) is 9.88 Å². The molecule has 4 heterocycles. The topological polar surface area (TPSA) is 201 Å². The molecule has 1 aromatic heterocycles. The van der Waals surface area contributed by atoms with Crippen LogP contribution in [0.15, 0.2) is 43.1 Å². The molecule has 3 aliphatic rings. The number of ether oxygens (including phenoxy) is 1. The summed E-state index contributed by atoms with van der Waals surface area (Å²) in [6, 6.07) is 7.96. The van der Waals surface area contributed by atoms with Crippen LogP contribution in [0.3, 0.4) is 0 Å². The van der Waals surface area contributed by atoms with Crippen molar-refractivity contribution >= 4 is 22.8 Å². The minimum absolute atomic E-state index is 0.178. The summed E-state index contributed by atoms with van der Waals surface area (Å²) in [5.74, 6) is -1.67. The second-order valence-electron chi connectivity index (χ2n) is 9.52. The van der Waals surface area contributed by atoms with E-state index < -0.39 is 42.5 Å². The molecule has 0 radical (unpaired) electrons. The SMILES string of the molecule is C=CC1CN2CCC1CC2C(O)c1ccnc2ccc(OC)cc12.O=C(O)C(O)C(O)C(O)C(O)C(=O)O. The van der Waals surface area contributed by atoms with Crippen molar-refractivity contribution in [2.24, 2.45) is 11.8 Å². The van der Waals surface area contributed by atoms with Crippen molar-refractivity contribution in [3.63, 3.8) is 0 Å². The summed E-state index contributed by atoms with van der Waals surface area (Å²) in [7, 11) is 1.66. The smallest absolute Gasteiger partial charge is 0.335 e. The summed E-state index contributed by atoms with van der Waals surface area (Å²) in [6.45, 7) is 6.07. The highest BCUT2D eigenvalue weighted by atomic mass is 16.5. The maximum Gasteiger partial charge on any atom is 0.335 e. The van der Waals surface area contributed by atoms with Crippen LogP contribution in [0.1, 0.15) is 24.5 Å². The molecule has 5 rings (SSSR count). The number of methoxy groups -OCH3 is 1. The quantitative estimate of drug-likeness (QED) is 0.209. The maximum absolute atomic E-state index is 11.2. The number of aromatic nitrogens is 1. The molecule has 0 spiro atoms. The van der Waals surface area contributed by atoms with Crippen molar-refractivity contribution in [2.45, 2.75) is 49.4 Å². The monoisotopic (exact) mass is 534 g/mol. The number of hydrogen-bond donors (Lipinski definition) is 7. The number of carboxylic acids is 2. The molecule has 3 saturated heterocycles. The standard InChI is InChI=1S/C20H24N2O2.C6H10O8/c1-3-13-12-22-9-7-14(13)10-19(22)20(23)16-6-8-21-18-5-4-15(24-2)11-17(16)18;7-1(3(9)5(11)12)2(8)4(10)6(13)14/h3-6,8,11,13-14,19-20,23H,1,7,9-10,12H2,2H3;1-4,7-10H,(H,11,12)(H,13,14). The van der Waals surface area contributed by atoms with Crippen molar-refractivity contribution in [3.8, 4) is 5.75 Å². The Morgan fingerprint density at radius 2 is 1.71 bits per heavy atom. The van der Waals surface area contributed by atoms with E-state index >= 15 is 0 Å². The molecule has 208 valence electrons. The van der Waals surface area contributed by atoms with Gasteiger partial charge < -0.3 is 40.5 Å². The first-order chi connectivity index (χ1) is 18.0. The average Bonchev–Trinajstić information content (AvgIpc) is 2.94. The van der Waals surface area contributed by atoms with Crippen molar-refractivity contribution < 1.29 is 50.1 Å². The highest BCUT2D eigenvalue weighted by Gasteiger charge is 2.42. The van der Waals surface area contributed by atoms with Crippen LogP contribution >= 0.6 is 0 Å². The Labute approximate surface area is 219 Å². The summed E-state index contributed by atoms with van der Waals surface area (Å²) < 4.78 is 5.35. The first-order valence-corrected chi connectivity index (χ1v) is 12.1. The Bertz CT molecular complexity index is 1120. The molecule has 12 heteroatoms. The first kappa shape index (κ1) is 29.4. The highest BCUT2D eigenvalue weighted by molar-refractivity contribution is 5.84. The van der Waals surface area contributed by atoms with Crippen LogP contribution in [0, 0.1) is 11.8 Å². The molecular formula is C26H34N2O10. The van der Waals surface area contributed by atoms with Gasteiger partial charge in [-0.1, -0.05) is 6.08 Å². The minimum Gasteiger partial charge on any atom is -0.497 e. The van der Waals surface area contributed by atoms with Gasteiger partial charge >= 0.3 is 11.9 Å². The zero-order valence-corrected chi connectivity index (χ0v) is 20.9. The largest absolute Gasteiger partial charge is 0.497 e. The van der Waals surface area contributed by atoms with Crippen LogP contribution in [0.5, 0.6) is 5.75 Å². The van der Waals surface area contributed by atoms with Gasteiger partial charge in [-0.2, -0.15) is 0 Å². The molecule has 1 aromatic carbocycles. The van der Waals surface area contributed by atoms with Crippen LogP contribution < -0.4 is 4.74 Å². The summed E-state index contributed by atoms with van der Waals surface area (Å²) in [5, 5.41) is 63.6. The lowest BCUT2D eigenvalue weighted by Crippen LogP contribution is -2.54. The van der Waals surface area contributed by atoms with Gasteiger partial charge in [-0.05, 0) is 61.1 Å². The Balaban J connectivity index is 0.000000247. The molecule has 12 nitrogen and oxygen atoms in total. The minimum atomic E-state index is -2.36. The Kier molecular flexibility index (Phi) is 9.77. The normalized spacial score (nSPS) is 26.3. The fourth-order valence-corrected chi connectivity index (χ4v) is 5.11. The number of carboxylic acid groups (broad SMARTS) is 2. The number of nitrogens with zero attached hydrogens (tertiary/aromatic N) is 2. The number of fused-ring (bicyclic) bond motifs is 4. The van der Waals surface area contributed by atoms with E-state index in [-0.39, 0.29) is 6.04 Å². The number of carbonyl (C=O) groups is 2. The van der Waals surface area contributed by atoms with Crippen LogP contribution in [0.4, 0.5) is 0 Å². The third kappa shape index (κ3) is 6.29. The van der Waals surface area contributed by atoms with E-state index in [4.69, 9.17) is 35.4 Å². The molecule has 3 fully saturated rings. The predicted molar refractivity (Wildman–Crippen MR) is 134 cm³/mol. The van der Waals surface area contributed by atoms with Crippen LogP contribution in [0.25, 0.3) is 10.9 Å². The summed E-state index contributed by atoms with van der Waals surface area (Å²) >= 11 is 0. The van der Waals surface area contributed by atoms with Gasteiger partial charge in [0.1, 0.15) is 18.0 Å². The molecule has 3 aliphatic heterocycles. The maximum atomic E-state index is 11.2. The number of piperidine rings is 3. The Hall–Kier alpha value is -3.13. The molecule has 0 saturated carbocycles. The molecule has 2 bridgehead atoms. The zero-order chi connectivity index (χ0) is 28.1.